The first-order valence-electron chi connectivity index (χ1n) is 10.2. The number of halogens is 1. The number of hydrogen-bond acceptors (Lipinski definition) is 5. The molecule has 0 saturated carbocycles. The van der Waals surface area contributed by atoms with E-state index >= 15 is 0 Å². The Bertz CT molecular complexity index is 1360. The SMILES string of the molecule is COc1ccc(-c2nc3cc(C)c(C)cc3o2)cc1NC(=S)NC(=O)c1ccc(C)c(Cl)c1. The number of thiocarbonyl (C=S) groups is 1. The maximum Gasteiger partial charge on any atom is 0.257 e. The molecular formula is C25H22ClN3O3S. The Kier molecular flexibility index (Phi) is 6.35. The number of rotatable bonds is 4. The molecule has 8 heteroatoms. The molecule has 0 fully saturated rings. The van der Waals surface area contributed by atoms with Gasteiger partial charge in [0, 0.05) is 16.1 Å². The van der Waals surface area contributed by atoms with Gasteiger partial charge in [0.25, 0.3) is 5.91 Å². The van der Waals surface area contributed by atoms with Crippen molar-refractivity contribution in [3.63, 3.8) is 0 Å². The Morgan fingerprint density at radius 3 is 2.52 bits per heavy atom. The Hall–Kier alpha value is -3.42. The van der Waals surface area contributed by atoms with E-state index in [-0.39, 0.29) is 11.0 Å². The van der Waals surface area contributed by atoms with Gasteiger partial charge >= 0.3 is 0 Å². The maximum atomic E-state index is 12.6. The van der Waals surface area contributed by atoms with Gasteiger partial charge in [-0.05, 0) is 92.1 Å². The van der Waals surface area contributed by atoms with Crippen LogP contribution in [0.15, 0.2) is 52.9 Å². The standard InChI is InChI=1S/C25H22ClN3O3S/c1-13-5-6-16(11-18(13)26)23(30)29-25(33)28-20-12-17(7-8-21(20)31-4)24-27-19-9-14(2)15(3)10-22(19)32-24/h5-12H,1-4H3,(H2,28,29,30,33). The summed E-state index contributed by atoms with van der Waals surface area (Å²) in [5.74, 6) is 0.663. The minimum Gasteiger partial charge on any atom is -0.495 e. The molecule has 0 unspecified atom stereocenters. The lowest BCUT2D eigenvalue weighted by molar-refractivity contribution is 0.0977. The van der Waals surface area contributed by atoms with Crippen molar-refractivity contribution in [1.82, 2.24) is 10.3 Å². The monoisotopic (exact) mass is 479 g/mol. The highest BCUT2D eigenvalue weighted by Crippen LogP contribution is 2.32. The molecule has 1 aromatic heterocycles. The number of anilines is 1. The van der Waals surface area contributed by atoms with Gasteiger partial charge in [-0.2, -0.15) is 0 Å². The summed E-state index contributed by atoms with van der Waals surface area (Å²) in [5.41, 5.74) is 6.40. The number of methoxy groups -OCH3 is 1. The Balaban J connectivity index is 1.57. The van der Waals surface area contributed by atoms with Crippen LogP contribution in [0.4, 0.5) is 5.69 Å². The van der Waals surface area contributed by atoms with Crippen molar-refractivity contribution in [1.29, 1.82) is 0 Å². The third kappa shape index (κ3) is 4.84. The highest BCUT2D eigenvalue weighted by Gasteiger charge is 2.15. The predicted molar refractivity (Wildman–Crippen MR) is 135 cm³/mol. The summed E-state index contributed by atoms with van der Waals surface area (Å²) in [4.78, 5) is 17.2. The number of aryl methyl sites for hydroxylation is 3. The van der Waals surface area contributed by atoms with Crippen LogP contribution in [0.2, 0.25) is 5.02 Å². The first-order chi connectivity index (χ1) is 15.7. The van der Waals surface area contributed by atoms with E-state index in [0.29, 0.717) is 27.9 Å². The van der Waals surface area contributed by atoms with E-state index in [1.165, 1.54) is 0 Å². The fourth-order valence-electron chi connectivity index (χ4n) is 3.31. The number of amides is 1. The molecule has 3 aromatic carbocycles. The lowest BCUT2D eigenvalue weighted by atomic mass is 10.1. The van der Waals surface area contributed by atoms with Crippen molar-refractivity contribution in [2.75, 3.05) is 12.4 Å². The minimum absolute atomic E-state index is 0.121. The van der Waals surface area contributed by atoms with Gasteiger partial charge in [0.2, 0.25) is 5.89 Å². The molecule has 0 atom stereocenters. The molecule has 0 radical (unpaired) electrons. The minimum atomic E-state index is -0.366. The molecule has 6 nitrogen and oxygen atoms in total. The number of oxazole rings is 1. The molecule has 168 valence electrons. The molecule has 2 N–H and O–H groups in total. The molecular weight excluding hydrogens is 458 g/mol. The Labute approximate surface area is 201 Å². The second-order valence-corrected chi connectivity index (χ2v) is 8.53. The zero-order chi connectivity index (χ0) is 23.7. The summed E-state index contributed by atoms with van der Waals surface area (Å²) in [6.07, 6.45) is 0. The molecule has 0 aliphatic rings. The van der Waals surface area contributed by atoms with Crippen LogP contribution in [0.3, 0.4) is 0 Å². The molecule has 4 aromatic rings. The zero-order valence-electron chi connectivity index (χ0n) is 18.6. The smallest absolute Gasteiger partial charge is 0.257 e. The molecule has 1 amide bonds. The molecule has 0 saturated heterocycles. The first kappa shape index (κ1) is 22.8. The van der Waals surface area contributed by atoms with Crippen LogP contribution >= 0.6 is 23.8 Å². The van der Waals surface area contributed by atoms with Crippen LogP contribution in [0.5, 0.6) is 5.75 Å². The summed E-state index contributed by atoms with van der Waals surface area (Å²) in [6, 6.07) is 14.5. The summed E-state index contributed by atoms with van der Waals surface area (Å²) in [7, 11) is 1.56. The number of ether oxygens (including phenoxy) is 1. The summed E-state index contributed by atoms with van der Waals surface area (Å²) >= 11 is 11.5. The van der Waals surface area contributed by atoms with Crippen molar-refractivity contribution in [2.45, 2.75) is 20.8 Å². The average molecular weight is 480 g/mol. The van der Waals surface area contributed by atoms with Crippen LogP contribution < -0.4 is 15.4 Å². The number of nitrogens with zero attached hydrogens (tertiary/aromatic N) is 1. The maximum absolute atomic E-state index is 12.6. The second-order valence-electron chi connectivity index (χ2n) is 7.71. The molecule has 33 heavy (non-hydrogen) atoms. The van der Waals surface area contributed by atoms with Crippen LogP contribution in [0.1, 0.15) is 27.0 Å². The third-order valence-electron chi connectivity index (χ3n) is 5.36. The van der Waals surface area contributed by atoms with E-state index in [9.17, 15) is 4.79 Å². The van der Waals surface area contributed by atoms with Crippen LogP contribution in [-0.2, 0) is 0 Å². The zero-order valence-corrected chi connectivity index (χ0v) is 20.1. The quantitative estimate of drug-likeness (QED) is 0.339. The van der Waals surface area contributed by atoms with Crippen LogP contribution in [0, 0.1) is 20.8 Å². The van der Waals surface area contributed by atoms with Gasteiger partial charge in [-0.25, -0.2) is 4.98 Å². The van der Waals surface area contributed by atoms with E-state index < -0.39 is 0 Å². The molecule has 0 aliphatic heterocycles. The normalized spacial score (nSPS) is 10.8. The number of aromatic nitrogens is 1. The summed E-state index contributed by atoms with van der Waals surface area (Å²) < 4.78 is 11.4. The van der Waals surface area contributed by atoms with E-state index in [2.05, 4.69) is 15.6 Å². The predicted octanol–water partition coefficient (Wildman–Crippen LogP) is 6.21. The fraction of sp³-hybridized carbons (Fsp3) is 0.160. The lowest BCUT2D eigenvalue weighted by Gasteiger charge is -2.14. The van der Waals surface area contributed by atoms with Crippen molar-refractivity contribution >= 4 is 51.6 Å². The number of fused-ring (bicyclic) bond motifs is 1. The molecule has 0 aliphatic carbocycles. The van der Waals surface area contributed by atoms with Gasteiger partial charge in [0.1, 0.15) is 11.3 Å². The number of hydrogen-bond donors (Lipinski definition) is 2. The summed E-state index contributed by atoms with van der Waals surface area (Å²) in [6.45, 7) is 5.94. The van der Waals surface area contributed by atoms with Gasteiger partial charge in [-0.3, -0.25) is 10.1 Å². The second kappa shape index (κ2) is 9.21. The Morgan fingerprint density at radius 2 is 1.79 bits per heavy atom. The fourth-order valence-corrected chi connectivity index (χ4v) is 3.69. The van der Waals surface area contributed by atoms with Gasteiger partial charge in [0.05, 0.1) is 12.8 Å². The van der Waals surface area contributed by atoms with Gasteiger partial charge < -0.3 is 14.5 Å². The first-order valence-corrected chi connectivity index (χ1v) is 11.0. The van der Waals surface area contributed by atoms with Crippen LogP contribution in [-0.4, -0.2) is 23.1 Å². The average Bonchev–Trinajstić information content (AvgIpc) is 3.18. The lowest BCUT2D eigenvalue weighted by Crippen LogP contribution is -2.34. The number of carbonyl (C=O) groups excluding carboxylic acids is 1. The molecule has 0 bridgehead atoms. The topological polar surface area (TPSA) is 76.4 Å². The summed E-state index contributed by atoms with van der Waals surface area (Å²) in [5, 5.41) is 6.32. The van der Waals surface area contributed by atoms with Crippen molar-refractivity contribution in [3.8, 4) is 17.2 Å². The number of benzene rings is 3. The van der Waals surface area contributed by atoms with Crippen molar-refractivity contribution in [3.05, 3.63) is 75.8 Å². The molecule has 0 spiro atoms. The number of nitrogens with one attached hydrogen (secondary N) is 2. The number of carbonyl (C=O) groups is 1. The van der Waals surface area contributed by atoms with Crippen molar-refractivity contribution in [2.24, 2.45) is 0 Å². The molecule has 4 rings (SSSR count). The van der Waals surface area contributed by atoms with E-state index in [0.717, 1.165) is 33.4 Å². The highest BCUT2D eigenvalue weighted by atomic mass is 35.5. The largest absolute Gasteiger partial charge is 0.495 e. The van der Waals surface area contributed by atoms with Gasteiger partial charge in [0.15, 0.2) is 10.7 Å². The van der Waals surface area contributed by atoms with E-state index in [1.807, 2.05) is 45.0 Å². The van der Waals surface area contributed by atoms with E-state index in [1.54, 1.807) is 31.4 Å². The third-order valence-corrected chi connectivity index (χ3v) is 5.97. The highest BCUT2D eigenvalue weighted by molar-refractivity contribution is 7.80. The Morgan fingerprint density at radius 1 is 1.03 bits per heavy atom. The van der Waals surface area contributed by atoms with Gasteiger partial charge in [-0.15, -0.1) is 0 Å². The van der Waals surface area contributed by atoms with Gasteiger partial charge in [-0.1, -0.05) is 17.7 Å². The molecule has 1 heterocycles. The van der Waals surface area contributed by atoms with Crippen LogP contribution in [0.25, 0.3) is 22.6 Å². The van der Waals surface area contributed by atoms with E-state index in [4.69, 9.17) is 33.0 Å². The van der Waals surface area contributed by atoms with Crippen molar-refractivity contribution < 1.29 is 13.9 Å².